The van der Waals surface area contributed by atoms with E-state index in [4.69, 9.17) is 0 Å². The van der Waals surface area contributed by atoms with Gasteiger partial charge in [0, 0.05) is 13.6 Å². The largest absolute Gasteiger partial charge is 0.359 e. The Bertz CT molecular complexity index is 685. The SMILES string of the molecule is CNC(=O)C1CCN(Cc2nc3ccccc3n2C(F)F)C1. The minimum Gasteiger partial charge on any atom is -0.359 e. The van der Waals surface area contributed by atoms with Crippen molar-refractivity contribution in [1.29, 1.82) is 0 Å². The van der Waals surface area contributed by atoms with Crippen LogP contribution in [0.4, 0.5) is 8.78 Å². The molecule has 22 heavy (non-hydrogen) atoms. The number of carbonyl (C=O) groups is 1. The van der Waals surface area contributed by atoms with E-state index in [-0.39, 0.29) is 11.8 Å². The Kier molecular flexibility index (Phi) is 4.06. The van der Waals surface area contributed by atoms with E-state index in [1.165, 1.54) is 0 Å². The highest BCUT2D eigenvalue weighted by Gasteiger charge is 2.29. The van der Waals surface area contributed by atoms with Crippen LogP contribution in [0, 0.1) is 5.92 Å². The van der Waals surface area contributed by atoms with E-state index in [0.29, 0.717) is 36.5 Å². The molecule has 7 heteroatoms. The number of benzene rings is 1. The number of hydrogen-bond donors (Lipinski definition) is 1. The number of para-hydroxylation sites is 2. The molecule has 0 bridgehead atoms. The maximum absolute atomic E-state index is 13.4. The lowest BCUT2D eigenvalue weighted by Crippen LogP contribution is -2.30. The molecule has 0 radical (unpaired) electrons. The van der Waals surface area contributed by atoms with Crippen molar-refractivity contribution in [3.8, 4) is 0 Å². The van der Waals surface area contributed by atoms with Crippen molar-refractivity contribution in [1.82, 2.24) is 19.8 Å². The van der Waals surface area contributed by atoms with Gasteiger partial charge in [0.1, 0.15) is 5.82 Å². The molecule has 0 spiro atoms. The van der Waals surface area contributed by atoms with Gasteiger partial charge in [-0.05, 0) is 25.1 Å². The Morgan fingerprint density at radius 3 is 2.95 bits per heavy atom. The Morgan fingerprint density at radius 1 is 1.45 bits per heavy atom. The number of hydrogen-bond acceptors (Lipinski definition) is 3. The molecule has 1 aromatic carbocycles. The van der Waals surface area contributed by atoms with Crippen LogP contribution in [0.1, 0.15) is 18.8 Å². The number of carbonyl (C=O) groups excluding carboxylic acids is 1. The molecule has 1 unspecified atom stereocenters. The molecule has 2 aromatic rings. The molecule has 1 fully saturated rings. The Labute approximate surface area is 126 Å². The second-order valence-corrected chi connectivity index (χ2v) is 5.50. The van der Waals surface area contributed by atoms with Crippen LogP contribution in [0.3, 0.4) is 0 Å². The Balaban J connectivity index is 1.82. The highest BCUT2D eigenvalue weighted by molar-refractivity contribution is 5.79. The minimum atomic E-state index is -2.63. The highest BCUT2D eigenvalue weighted by Crippen LogP contribution is 2.25. The van der Waals surface area contributed by atoms with Crippen LogP contribution in [0.15, 0.2) is 24.3 Å². The van der Waals surface area contributed by atoms with Crippen molar-refractivity contribution >= 4 is 16.9 Å². The van der Waals surface area contributed by atoms with Crippen LogP contribution < -0.4 is 5.32 Å². The second-order valence-electron chi connectivity index (χ2n) is 5.50. The fourth-order valence-electron chi connectivity index (χ4n) is 3.02. The summed E-state index contributed by atoms with van der Waals surface area (Å²) < 4.78 is 27.7. The molecule has 3 rings (SSSR count). The zero-order valence-electron chi connectivity index (χ0n) is 12.3. The number of aromatic nitrogens is 2. The maximum atomic E-state index is 13.4. The fourth-order valence-corrected chi connectivity index (χ4v) is 3.02. The summed E-state index contributed by atoms with van der Waals surface area (Å²) >= 11 is 0. The van der Waals surface area contributed by atoms with Crippen LogP contribution in [0.5, 0.6) is 0 Å². The molecule has 118 valence electrons. The normalized spacial score (nSPS) is 19.2. The highest BCUT2D eigenvalue weighted by atomic mass is 19.3. The average molecular weight is 308 g/mol. The van der Waals surface area contributed by atoms with Gasteiger partial charge in [-0.2, -0.15) is 8.78 Å². The lowest BCUT2D eigenvalue weighted by Gasteiger charge is -2.16. The number of likely N-dealkylation sites (tertiary alicyclic amines) is 1. The lowest BCUT2D eigenvalue weighted by molar-refractivity contribution is -0.124. The molecule has 1 aliphatic rings. The number of rotatable bonds is 4. The molecule has 5 nitrogen and oxygen atoms in total. The van der Waals surface area contributed by atoms with Crippen LogP contribution >= 0.6 is 0 Å². The Hall–Kier alpha value is -2.02. The fraction of sp³-hybridized carbons (Fsp3) is 0.467. The predicted octanol–water partition coefficient (Wildman–Crippen LogP) is 2.00. The second kappa shape index (κ2) is 6.00. The van der Waals surface area contributed by atoms with Crippen molar-refractivity contribution in [3.05, 3.63) is 30.1 Å². The molecular weight excluding hydrogens is 290 g/mol. The maximum Gasteiger partial charge on any atom is 0.320 e. The first-order valence-electron chi connectivity index (χ1n) is 7.28. The van der Waals surface area contributed by atoms with E-state index in [1.807, 2.05) is 4.90 Å². The first-order chi connectivity index (χ1) is 10.6. The predicted molar refractivity (Wildman–Crippen MR) is 78.4 cm³/mol. The standard InChI is InChI=1S/C15H18F2N4O/c1-18-14(22)10-6-7-20(8-10)9-13-19-11-4-2-3-5-12(11)21(13)15(16)17/h2-5,10,15H,6-9H2,1H3,(H,18,22). The van der Waals surface area contributed by atoms with E-state index in [9.17, 15) is 13.6 Å². The summed E-state index contributed by atoms with van der Waals surface area (Å²) in [5, 5.41) is 2.64. The van der Waals surface area contributed by atoms with Gasteiger partial charge in [0.25, 0.3) is 0 Å². The topological polar surface area (TPSA) is 50.2 Å². The molecule has 0 saturated carbocycles. The number of amides is 1. The van der Waals surface area contributed by atoms with Crippen LogP contribution in [-0.2, 0) is 11.3 Å². The summed E-state index contributed by atoms with van der Waals surface area (Å²) in [6.07, 6.45) is 0.745. The smallest absolute Gasteiger partial charge is 0.320 e. The minimum absolute atomic E-state index is 0.00450. The summed E-state index contributed by atoms with van der Waals surface area (Å²) in [6.45, 7) is -1.01. The van der Waals surface area contributed by atoms with Gasteiger partial charge in [0.15, 0.2) is 0 Å². The average Bonchev–Trinajstić information content (AvgIpc) is 3.10. The van der Waals surface area contributed by atoms with Gasteiger partial charge in [-0.1, -0.05) is 12.1 Å². The van der Waals surface area contributed by atoms with E-state index in [1.54, 1.807) is 31.3 Å². The zero-order chi connectivity index (χ0) is 15.7. The van der Waals surface area contributed by atoms with Crippen molar-refractivity contribution in [3.63, 3.8) is 0 Å². The summed E-state index contributed by atoms with van der Waals surface area (Å²) in [6, 6.07) is 6.89. The monoisotopic (exact) mass is 308 g/mol. The van der Waals surface area contributed by atoms with Gasteiger partial charge in [0.05, 0.1) is 23.5 Å². The third-order valence-electron chi connectivity index (χ3n) is 4.12. The summed E-state index contributed by atoms with van der Waals surface area (Å²) in [4.78, 5) is 18.0. The van der Waals surface area contributed by atoms with Gasteiger partial charge in [-0.15, -0.1) is 0 Å². The number of fused-ring (bicyclic) bond motifs is 1. The molecular formula is C15H18F2N4O. The van der Waals surface area contributed by atoms with Crippen molar-refractivity contribution in [2.75, 3.05) is 20.1 Å². The van der Waals surface area contributed by atoms with Crippen LogP contribution in [0.25, 0.3) is 11.0 Å². The van der Waals surface area contributed by atoms with Gasteiger partial charge in [0.2, 0.25) is 5.91 Å². The van der Waals surface area contributed by atoms with E-state index in [2.05, 4.69) is 10.3 Å². The summed E-state index contributed by atoms with van der Waals surface area (Å²) in [5.41, 5.74) is 1.01. The summed E-state index contributed by atoms with van der Waals surface area (Å²) in [5.74, 6) is 0.271. The van der Waals surface area contributed by atoms with Crippen molar-refractivity contribution in [2.24, 2.45) is 5.92 Å². The van der Waals surface area contributed by atoms with Gasteiger partial charge in [-0.3, -0.25) is 14.3 Å². The lowest BCUT2D eigenvalue weighted by atomic mass is 10.1. The van der Waals surface area contributed by atoms with Gasteiger partial charge < -0.3 is 5.32 Å². The first kappa shape index (κ1) is 14.9. The number of halogens is 2. The molecule has 0 aliphatic carbocycles. The van der Waals surface area contributed by atoms with Crippen LogP contribution in [-0.4, -0.2) is 40.5 Å². The van der Waals surface area contributed by atoms with Crippen LogP contribution in [0.2, 0.25) is 0 Å². The number of alkyl halides is 2. The van der Waals surface area contributed by atoms with E-state index >= 15 is 0 Å². The molecule has 1 aliphatic heterocycles. The van der Waals surface area contributed by atoms with E-state index in [0.717, 1.165) is 11.0 Å². The number of imidazole rings is 1. The van der Waals surface area contributed by atoms with Crippen molar-refractivity contribution in [2.45, 2.75) is 19.5 Å². The third kappa shape index (κ3) is 2.68. The van der Waals surface area contributed by atoms with Crippen molar-refractivity contribution < 1.29 is 13.6 Å². The zero-order valence-corrected chi connectivity index (χ0v) is 12.3. The number of nitrogens with one attached hydrogen (secondary N) is 1. The Morgan fingerprint density at radius 2 is 2.23 bits per heavy atom. The van der Waals surface area contributed by atoms with Gasteiger partial charge in [-0.25, -0.2) is 4.98 Å². The molecule has 1 aromatic heterocycles. The molecule has 1 saturated heterocycles. The molecule has 2 heterocycles. The number of nitrogens with zero attached hydrogens (tertiary/aromatic N) is 3. The molecule has 1 N–H and O–H groups in total. The van der Waals surface area contributed by atoms with Gasteiger partial charge >= 0.3 is 6.55 Å². The quantitative estimate of drug-likeness (QED) is 0.940. The molecule has 1 atom stereocenters. The molecule has 1 amide bonds. The first-order valence-corrected chi connectivity index (χ1v) is 7.28. The van der Waals surface area contributed by atoms with E-state index < -0.39 is 6.55 Å². The summed E-state index contributed by atoms with van der Waals surface area (Å²) in [7, 11) is 1.61. The third-order valence-corrected chi connectivity index (χ3v) is 4.12.